The molecule has 444 valence electrons. The number of ether oxygens (including phenoxy) is 1. The lowest BCUT2D eigenvalue weighted by Crippen LogP contribution is -2.61. The Bertz CT molecular complexity index is 2270. The number of benzene rings is 1. The molecule has 4 N–H and O–H groups in total. The first-order valence-corrected chi connectivity index (χ1v) is 27.4. The molecule has 0 aromatic heterocycles. The van der Waals surface area contributed by atoms with E-state index in [2.05, 4.69) is 16.0 Å². The molecule has 2 heterocycles. The molecule has 22 heteroatoms. The van der Waals surface area contributed by atoms with Crippen molar-refractivity contribution in [2.75, 3.05) is 68.5 Å². The lowest BCUT2D eigenvalue weighted by Gasteiger charge is -2.38. The van der Waals surface area contributed by atoms with Crippen molar-refractivity contribution < 1.29 is 62.1 Å². The first-order valence-electron chi connectivity index (χ1n) is 27.4. The molecular formula is C56H98N10O12. The molecule has 2 saturated heterocycles. The average Bonchev–Trinajstić information content (AvgIpc) is 3.39. The van der Waals surface area contributed by atoms with Gasteiger partial charge in [-0.05, 0) is 97.5 Å². The molecule has 10 amide bonds. The number of carbonyl (C=O) groups excluding carboxylic acids is 10. The Labute approximate surface area is 467 Å². The van der Waals surface area contributed by atoms with E-state index in [-0.39, 0.29) is 54.8 Å². The summed E-state index contributed by atoms with van der Waals surface area (Å²) in [6, 6.07) is -1.25. The van der Waals surface area contributed by atoms with Crippen LogP contribution in [0.4, 0.5) is 0 Å². The Balaban J connectivity index is 0.0000213. The number of aliphatic hydroxyl groups is 1. The van der Waals surface area contributed by atoms with Gasteiger partial charge in [0.15, 0.2) is 0 Å². The van der Waals surface area contributed by atoms with Crippen molar-refractivity contribution in [1.82, 2.24) is 50.2 Å². The van der Waals surface area contributed by atoms with E-state index in [1.54, 1.807) is 56.0 Å². The minimum atomic E-state index is -1.60. The van der Waals surface area contributed by atoms with Crippen LogP contribution in [-0.4, -0.2) is 227 Å². The maximum absolute atomic E-state index is 14.9. The van der Waals surface area contributed by atoms with Crippen LogP contribution in [0, 0.1) is 11.8 Å². The summed E-state index contributed by atoms with van der Waals surface area (Å²) in [6.45, 7) is 16.8. The molecule has 0 spiro atoms. The quantitative estimate of drug-likeness (QED) is 0.263. The third-order valence-corrected chi connectivity index (χ3v) is 14.7. The molecule has 3 rings (SSSR count). The van der Waals surface area contributed by atoms with Crippen molar-refractivity contribution in [3.63, 3.8) is 0 Å². The molecule has 78 heavy (non-hydrogen) atoms. The van der Waals surface area contributed by atoms with Gasteiger partial charge in [-0.2, -0.15) is 0 Å². The summed E-state index contributed by atoms with van der Waals surface area (Å²) < 4.78 is 6.03. The van der Waals surface area contributed by atoms with Crippen LogP contribution in [0.1, 0.15) is 124 Å². The molecule has 2 aliphatic heterocycles. The Morgan fingerprint density at radius 3 is 1.69 bits per heavy atom. The highest BCUT2D eigenvalue weighted by Gasteiger charge is 2.42. The Morgan fingerprint density at radius 1 is 0.641 bits per heavy atom. The van der Waals surface area contributed by atoms with Crippen LogP contribution in [0.3, 0.4) is 0 Å². The highest BCUT2D eigenvalue weighted by molar-refractivity contribution is 5.98. The van der Waals surface area contributed by atoms with Crippen molar-refractivity contribution in [3.05, 3.63) is 35.9 Å². The van der Waals surface area contributed by atoms with E-state index in [9.17, 15) is 53.1 Å². The molecule has 1 aromatic rings. The summed E-state index contributed by atoms with van der Waals surface area (Å²) in [5, 5.41) is 19.2. The smallest absolute Gasteiger partial charge is 0.248 e. The predicted molar refractivity (Wildman–Crippen MR) is 300 cm³/mol. The number of hydrogen-bond acceptors (Lipinski definition) is 12. The lowest BCUT2D eigenvalue weighted by atomic mass is 9.98. The van der Waals surface area contributed by atoms with Crippen LogP contribution < -0.4 is 16.0 Å². The monoisotopic (exact) mass is 1100 g/mol. The molecule has 0 saturated carbocycles. The number of nitrogens with one attached hydrogen (secondary N) is 3. The van der Waals surface area contributed by atoms with Gasteiger partial charge in [0, 0.05) is 72.5 Å². The van der Waals surface area contributed by atoms with Gasteiger partial charge in [0.05, 0.1) is 24.9 Å². The maximum atomic E-state index is 14.9. The molecule has 2 fully saturated rings. The number of likely N-dealkylation sites (tertiary alicyclic amines) is 1. The highest BCUT2D eigenvalue weighted by atomic mass is 16.5. The first-order chi connectivity index (χ1) is 36.3. The number of carbonyl (C=O) groups is 10. The second-order valence-corrected chi connectivity index (χ2v) is 23.1. The zero-order valence-electron chi connectivity index (χ0n) is 49.3. The minimum Gasteiger partial charge on any atom is -0.391 e. The van der Waals surface area contributed by atoms with E-state index >= 15 is 0 Å². The van der Waals surface area contributed by atoms with Crippen molar-refractivity contribution in [1.29, 1.82) is 0 Å². The van der Waals surface area contributed by atoms with Gasteiger partial charge in [-0.25, -0.2) is 0 Å². The van der Waals surface area contributed by atoms with Crippen LogP contribution in [0.2, 0.25) is 0 Å². The fraction of sp³-hybridized carbons (Fsp3) is 0.714. The second kappa shape index (κ2) is 29.7. The van der Waals surface area contributed by atoms with Crippen LogP contribution in [0.5, 0.6) is 0 Å². The number of amides is 10. The average molecular weight is 1100 g/mol. The predicted octanol–water partition coefficient (Wildman–Crippen LogP) is 2.15. The van der Waals surface area contributed by atoms with Gasteiger partial charge in [-0.3, -0.25) is 47.9 Å². The van der Waals surface area contributed by atoms with Crippen molar-refractivity contribution in [2.45, 2.75) is 181 Å². The number of hydrogen-bond donors (Lipinski definition) is 4. The van der Waals surface area contributed by atoms with E-state index in [0.29, 0.717) is 18.7 Å². The largest absolute Gasteiger partial charge is 0.391 e. The van der Waals surface area contributed by atoms with Crippen LogP contribution in [-0.2, 0) is 59.1 Å². The van der Waals surface area contributed by atoms with Gasteiger partial charge in [0.25, 0.3) is 0 Å². The molecule has 0 radical (unpaired) electrons. The summed E-state index contributed by atoms with van der Waals surface area (Å²) in [4.78, 5) is 153. The number of piperidine rings is 1. The molecule has 2 aliphatic rings. The summed E-state index contributed by atoms with van der Waals surface area (Å²) in [7, 11) is 8.38. The van der Waals surface area contributed by atoms with Crippen molar-refractivity contribution in [3.8, 4) is 0 Å². The topological polar surface area (TPSA) is 259 Å². The Kier molecular flexibility index (Phi) is 25.2. The fourth-order valence-corrected chi connectivity index (χ4v) is 9.41. The standard InChI is InChI=1S/C56H92N10O12.3H2/c1-34(2)29-42-49(71)58-41(33-78-56(8,9)10)48(70)57-40(53(75)66-27-21-18-22-28-66)25-26-45(68)61(12)36(5)51(73)62(13)37(6)52(74)65(16)44(31-39-23-19-17-20-24-39)54(76)64(15)43(30-35(3)4)50(72)59-47(38(7)67)55(77)60(11)32-46(69)63(42)14;;;/h17,19-20,23-24,34-38,40-44,47,67H,18,21-22,25-33H2,1-16H3,(H,57,70)(H,58,71)(H,59,72);3*1H/t36-,37-,38+,40-,41-,42-,43-,44-,47-;;;/m0.../s1. The molecule has 0 unspecified atom stereocenters. The lowest BCUT2D eigenvalue weighted by molar-refractivity contribution is -0.153. The summed E-state index contributed by atoms with van der Waals surface area (Å²) in [5.41, 5.74) is -0.102. The number of rotatable bonds is 10. The molecule has 1 aromatic carbocycles. The van der Waals surface area contributed by atoms with E-state index in [0.717, 1.165) is 29.1 Å². The third kappa shape index (κ3) is 18.8. The van der Waals surface area contributed by atoms with Crippen molar-refractivity contribution >= 4 is 59.1 Å². The zero-order chi connectivity index (χ0) is 59.1. The van der Waals surface area contributed by atoms with Crippen LogP contribution in [0.25, 0.3) is 0 Å². The maximum Gasteiger partial charge on any atom is 0.248 e. The Hall–Kier alpha value is -6.16. The van der Waals surface area contributed by atoms with Gasteiger partial charge >= 0.3 is 0 Å². The van der Waals surface area contributed by atoms with E-state index < -0.39 is 126 Å². The first kappa shape index (κ1) is 66.1. The zero-order valence-corrected chi connectivity index (χ0v) is 49.3. The van der Waals surface area contributed by atoms with E-state index in [1.807, 2.05) is 27.7 Å². The SMILES string of the molecule is CC(C)C[C@H]1C(=O)N[C@@H](COC(C)(C)C)C(=O)N[C@H](C(=O)N2CCCCC2)CCC(=O)N(C)[C@@H](C)C(=O)N(C)[C@@H](C)C(=O)N(C)[C@@H](Cc2ccccc2)C(=O)N(C)[C@@H](CC(C)C)C(=O)N[C@@H]([C@@H](C)O)C(=O)N(C)CC(=O)N1C.[HH].[HH].[HH]. The van der Waals surface area contributed by atoms with E-state index in [1.165, 1.54) is 82.7 Å². The van der Waals surface area contributed by atoms with Crippen molar-refractivity contribution in [2.24, 2.45) is 11.8 Å². The molecule has 0 bridgehead atoms. The van der Waals surface area contributed by atoms with E-state index in [4.69, 9.17) is 4.74 Å². The van der Waals surface area contributed by atoms with Gasteiger partial charge in [0.1, 0.15) is 48.3 Å². The minimum absolute atomic E-state index is 0. The normalized spacial score (nSPS) is 26.2. The van der Waals surface area contributed by atoms with Crippen LogP contribution >= 0.6 is 0 Å². The number of aliphatic hydroxyl groups excluding tert-OH is 1. The third-order valence-electron chi connectivity index (χ3n) is 14.7. The fourth-order valence-electron chi connectivity index (χ4n) is 9.41. The summed E-state index contributed by atoms with van der Waals surface area (Å²) in [5.74, 6) is -7.03. The number of likely N-dealkylation sites (N-methyl/N-ethyl adjacent to an activating group) is 6. The summed E-state index contributed by atoms with van der Waals surface area (Å²) >= 11 is 0. The summed E-state index contributed by atoms with van der Waals surface area (Å²) in [6.07, 6.45) is 0.645. The molecule has 22 nitrogen and oxygen atoms in total. The van der Waals surface area contributed by atoms with Gasteiger partial charge in [-0.1, -0.05) is 58.0 Å². The Morgan fingerprint density at radius 2 is 1.15 bits per heavy atom. The molecule has 0 aliphatic carbocycles. The number of nitrogens with zero attached hydrogens (tertiary/aromatic N) is 7. The van der Waals surface area contributed by atoms with Crippen LogP contribution in [0.15, 0.2) is 30.3 Å². The molecule has 9 atom stereocenters. The molecular weight excluding hydrogens is 1000 g/mol. The van der Waals surface area contributed by atoms with Gasteiger partial charge < -0.3 is 60.1 Å². The van der Waals surface area contributed by atoms with Gasteiger partial charge in [0.2, 0.25) is 59.1 Å². The highest BCUT2D eigenvalue weighted by Crippen LogP contribution is 2.21. The van der Waals surface area contributed by atoms with Gasteiger partial charge in [-0.15, -0.1) is 0 Å². The second-order valence-electron chi connectivity index (χ2n) is 23.1.